The highest BCUT2D eigenvalue weighted by Gasteiger charge is 2.33. The summed E-state index contributed by atoms with van der Waals surface area (Å²) in [6, 6.07) is 7.46. The molecule has 4 nitrogen and oxygen atoms in total. The topological polar surface area (TPSA) is 41.9 Å². The molecular formula is C10H8N2O2. The molecule has 0 N–H and O–H groups in total. The van der Waals surface area contributed by atoms with Crippen molar-refractivity contribution in [2.45, 2.75) is 0 Å². The lowest BCUT2D eigenvalue weighted by atomic mass is 10.1. The zero-order valence-electron chi connectivity index (χ0n) is 7.43. The maximum absolute atomic E-state index is 11.5. The summed E-state index contributed by atoms with van der Waals surface area (Å²) in [6.07, 6.45) is -0.319. The molecule has 2 heterocycles. The third kappa shape index (κ3) is 0.878. The summed E-state index contributed by atoms with van der Waals surface area (Å²) in [4.78, 5) is 17.3. The predicted molar refractivity (Wildman–Crippen MR) is 50.6 cm³/mol. The number of nitrogens with zero attached hydrogens (tertiary/aromatic N) is 2. The second-order valence-corrected chi connectivity index (χ2v) is 3.22. The molecule has 70 valence electrons. The van der Waals surface area contributed by atoms with Gasteiger partial charge in [0.25, 0.3) is 0 Å². The van der Waals surface area contributed by atoms with Gasteiger partial charge in [-0.05, 0) is 12.1 Å². The lowest BCUT2D eigenvalue weighted by Gasteiger charge is -2.24. The van der Waals surface area contributed by atoms with Crippen LogP contribution >= 0.6 is 0 Å². The number of aliphatic imine (C=N–C) groups is 1. The Labute approximate surface area is 80.8 Å². The zero-order valence-corrected chi connectivity index (χ0v) is 7.43. The Morgan fingerprint density at radius 3 is 3.14 bits per heavy atom. The van der Waals surface area contributed by atoms with Crippen molar-refractivity contribution in [2.75, 3.05) is 13.1 Å². The van der Waals surface area contributed by atoms with Gasteiger partial charge in [-0.2, -0.15) is 0 Å². The molecule has 0 fully saturated rings. The standard InChI is InChI=1S/C10H8N2O2/c13-10-12-6-5-11-9(12)7-3-1-2-4-8(7)14-10/h1-4H,5-6H2. The average Bonchev–Trinajstić information content (AvgIpc) is 2.67. The van der Waals surface area contributed by atoms with Gasteiger partial charge in [0.1, 0.15) is 11.6 Å². The van der Waals surface area contributed by atoms with Crippen LogP contribution < -0.4 is 4.74 Å². The quantitative estimate of drug-likeness (QED) is 0.615. The van der Waals surface area contributed by atoms with Gasteiger partial charge in [-0.3, -0.25) is 9.89 Å². The van der Waals surface area contributed by atoms with Crippen molar-refractivity contribution < 1.29 is 9.53 Å². The largest absolute Gasteiger partial charge is 0.421 e. The number of benzene rings is 1. The molecule has 1 aromatic rings. The van der Waals surface area contributed by atoms with E-state index in [4.69, 9.17) is 4.74 Å². The highest BCUT2D eigenvalue weighted by Crippen LogP contribution is 2.27. The van der Waals surface area contributed by atoms with Crippen LogP contribution in [0.1, 0.15) is 5.56 Å². The van der Waals surface area contributed by atoms with Gasteiger partial charge < -0.3 is 4.74 Å². The van der Waals surface area contributed by atoms with Crippen LogP contribution in [-0.2, 0) is 0 Å². The molecule has 0 bridgehead atoms. The summed E-state index contributed by atoms with van der Waals surface area (Å²) >= 11 is 0. The lowest BCUT2D eigenvalue weighted by molar-refractivity contribution is 0.175. The molecule has 0 spiro atoms. The summed E-state index contributed by atoms with van der Waals surface area (Å²) in [5, 5.41) is 0. The first-order chi connectivity index (χ1) is 6.86. The lowest BCUT2D eigenvalue weighted by Crippen LogP contribution is -2.40. The van der Waals surface area contributed by atoms with E-state index in [0.29, 0.717) is 18.8 Å². The molecule has 0 aromatic heterocycles. The van der Waals surface area contributed by atoms with E-state index in [0.717, 1.165) is 11.4 Å². The number of hydrogen-bond acceptors (Lipinski definition) is 3. The summed E-state index contributed by atoms with van der Waals surface area (Å²) in [7, 11) is 0. The Hall–Kier alpha value is -1.84. The Kier molecular flexibility index (Phi) is 1.39. The number of hydrogen-bond donors (Lipinski definition) is 0. The fourth-order valence-corrected chi connectivity index (χ4v) is 1.75. The zero-order chi connectivity index (χ0) is 9.54. The first-order valence-electron chi connectivity index (χ1n) is 4.49. The first-order valence-corrected chi connectivity index (χ1v) is 4.49. The minimum Gasteiger partial charge on any atom is -0.409 e. The van der Waals surface area contributed by atoms with E-state index < -0.39 is 0 Å². The minimum absolute atomic E-state index is 0.319. The van der Waals surface area contributed by atoms with Gasteiger partial charge >= 0.3 is 6.09 Å². The number of rotatable bonds is 0. The molecule has 4 heteroatoms. The average molecular weight is 188 g/mol. The molecule has 3 rings (SSSR count). The van der Waals surface area contributed by atoms with E-state index in [-0.39, 0.29) is 6.09 Å². The maximum atomic E-state index is 11.5. The second kappa shape index (κ2) is 2.57. The molecule has 2 aliphatic heterocycles. The number of amides is 1. The number of carbonyl (C=O) groups is 1. The Bertz CT molecular complexity index is 440. The van der Waals surface area contributed by atoms with Gasteiger partial charge in [0.2, 0.25) is 0 Å². The summed E-state index contributed by atoms with van der Waals surface area (Å²) in [5.74, 6) is 1.35. The van der Waals surface area contributed by atoms with E-state index in [1.54, 1.807) is 11.0 Å². The Morgan fingerprint density at radius 2 is 2.21 bits per heavy atom. The van der Waals surface area contributed by atoms with Crippen molar-refractivity contribution in [3.8, 4) is 5.75 Å². The van der Waals surface area contributed by atoms with Crippen LogP contribution in [-0.4, -0.2) is 29.9 Å². The number of amidine groups is 1. The summed E-state index contributed by atoms with van der Waals surface area (Å²) in [5.41, 5.74) is 0.907. The van der Waals surface area contributed by atoms with Crippen LogP contribution in [0, 0.1) is 0 Å². The van der Waals surface area contributed by atoms with E-state index in [2.05, 4.69) is 4.99 Å². The predicted octanol–water partition coefficient (Wildman–Crippen LogP) is 1.26. The van der Waals surface area contributed by atoms with Crippen LogP contribution in [0.5, 0.6) is 5.75 Å². The fraction of sp³-hybridized carbons (Fsp3) is 0.200. The van der Waals surface area contributed by atoms with Crippen LogP contribution in [0.15, 0.2) is 29.3 Å². The van der Waals surface area contributed by atoms with E-state index >= 15 is 0 Å². The van der Waals surface area contributed by atoms with Crippen LogP contribution in [0.25, 0.3) is 0 Å². The van der Waals surface area contributed by atoms with Crippen molar-refractivity contribution in [1.29, 1.82) is 0 Å². The third-order valence-electron chi connectivity index (χ3n) is 2.39. The van der Waals surface area contributed by atoms with Crippen LogP contribution in [0.4, 0.5) is 4.79 Å². The molecule has 0 unspecified atom stereocenters. The fourth-order valence-electron chi connectivity index (χ4n) is 1.75. The first kappa shape index (κ1) is 7.55. The molecule has 2 aliphatic rings. The van der Waals surface area contributed by atoms with Gasteiger partial charge in [-0.15, -0.1) is 0 Å². The Balaban J connectivity index is 2.20. The van der Waals surface area contributed by atoms with Gasteiger partial charge in [-0.1, -0.05) is 12.1 Å². The number of ether oxygens (including phenoxy) is 1. The van der Waals surface area contributed by atoms with Gasteiger partial charge in [0.05, 0.1) is 18.7 Å². The molecule has 0 saturated heterocycles. The van der Waals surface area contributed by atoms with Gasteiger partial charge in [-0.25, -0.2) is 4.79 Å². The van der Waals surface area contributed by atoms with Crippen LogP contribution in [0.2, 0.25) is 0 Å². The van der Waals surface area contributed by atoms with Crippen molar-refractivity contribution in [3.63, 3.8) is 0 Å². The monoisotopic (exact) mass is 188 g/mol. The molecule has 0 aliphatic carbocycles. The molecule has 0 radical (unpaired) electrons. The number of para-hydroxylation sites is 1. The number of carbonyl (C=O) groups excluding carboxylic acids is 1. The summed E-state index contributed by atoms with van der Waals surface area (Å²) < 4.78 is 5.15. The van der Waals surface area contributed by atoms with E-state index in [9.17, 15) is 4.79 Å². The van der Waals surface area contributed by atoms with Crippen molar-refractivity contribution >= 4 is 11.9 Å². The van der Waals surface area contributed by atoms with Gasteiger partial charge in [0.15, 0.2) is 0 Å². The number of fused-ring (bicyclic) bond motifs is 3. The minimum atomic E-state index is -0.319. The smallest absolute Gasteiger partial charge is 0.409 e. The second-order valence-electron chi connectivity index (χ2n) is 3.22. The molecule has 1 amide bonds. The molecule has 0 atom stereocenters. The molecule has 0 saturated carbocycles. The third-order valence-corrected chi connectivity index (χ3v) is 2.39. The van der Waals surface area contributed by atoms with Gasteiger partial charge in [0, 0.05) is 0 Å². The van der Waals surface area contributed by atoms with Crippen molar-refractivity contribution in [2.24, 2.45) is 4.99 Å². The highest BCUT2D eigenvalue weighted by atomic mass is 16.6. The molecular weight excluding hydrogens is 180 g/mol. The molecule has 1 aromatic carbocycles. The maximum Gasteiger partial charge on any atom is 0.421 e. The SMILES string of the molecule is O=C1Oc2ccccc2C2=NCCN12. The van der Waals surface area contributed by atoms with Crippen molar-refractivity contribution in [3.05, 3.63) is 29.8 Å². The van der Waals surface area contributed by atoms with Crippen molar-refractivity contribution in [1.82, 2.24) is 4.90 Å². The normalized spacial score (nSPS) is 18.4. The Morgan fingerprint density at radius 1 is 1.36 bits per heavy atom. The van der Waals surface area contributed by atoms with E-state index in [1.807, 2.05) is 18.2 Å². The molecule has 14 heavy (non-hydrogen) atoms. The highest BCUT2D eigenvalue weighted by molar-refractivity contribution is 6.11. The van der Waals surface area contributed by atoms with E-state index in [1.165, 1.54) is 0 Å². The van der Waals surface area contributed by atoms with Crippen LogP contribution in [0.3, 0.4) is 0 Å². The summed E-state index contributed by atoms with van der Waals surface area (Å²) in [6.45, 7) is 1.29.